The number of hydrogen-bond acceptors (Lipinski definition) is 4. The third-order valence-electron chi connectivity index (χ3n) is 3.24. The fourth-order valence-electron chi connectivity index (χ4n) is 2.32. The first-order valence-corrected chi connectivity index (χ1v) is 7.02. The second kappa shape index (κ2) is 6.59. The molecule has 0 aliphatic carbocycles. The molecular formula is C17H21NO3. The highest BCUT2D eigenvalue weighted by Crippen LogP contribution is 2.31. The van der Waals surface area contributed by atoms with Crippen molar-refractivity contribution in [1.29, 1.82) is 0 Å². The summed E-state index contributed by atoms with van der Waals surface area (Å²) in [6, 6.07) is 9.63. The number of nitrogens with zero attached hydrogens (tertiary/aromatic N) is 1. The van der Waals surface area contributed by atoms with Crippen LogP contribution in [0.4, 0.5) is 0 Å². The molecule has 0 saturated carbocycles. The first kappa shape index (κ1) is 15.3. The molecule has 0 aromatic heterocycles. The first-order chi connectivity index (χ1) is 10.0. The van der Waals surface area contributed by atoms with Crippen molar-refractivity contribution in [1.82, 2.24) is 4.90 Å². The maximum Gasteiger partial charge on any atom is 0.341 e. The normalized spacial score (nSPS) is 18.3. The molecule has 2 rings (SSSR count). The molecule has 0 fully saturated rings. The van der Waals surface area contributed by atoms with Gasteiger partial charge < -0.3 is 9.47 Å². The van der Waals surface area contributed by atoms with Gasteiger partial charge in [0.2, 0.25) is 0 Å². The largest absolute Gasteiger partial charge is 0.470 e. The average molecular weight is 287 g/mol. The zero-order valence-electron chi connectivity index (χ0n) is 12.9. The van der Waals surface area contributed by atoms with E-state index >= 15 is 0 Å². The standard InChI is InChI=1S/C17H21NO3/c1-5-20-17(19)14-11-12(2)16(18(3)4)21-15(14)13-9-7-6-8-10-13/h6-11,16H,5H2,1-4H3. The fraction of sp³-hybridized carbons (Fsp3) is 0.353. The summed E-state index contributed by atoms with van der Waals surface area (Å²) in [7, 11) is 3.89. The highest BCUT2D eigenvalue weighted by Gasteiger charge is 2.28. The van der Waals surface area contributed by atoms with Gasteiger partial charge in [-0.2, -0.15) is 0 Å². The van der Waals surface area contributed by atoms with E-state index in [1.165, 1.54) is 0 Å². The minimum Gasteiger partial charge on any atom is -0.470 e. The maximum absolute atomic E-state index is 12.2. The number of hydrogen-bond donors (Lipinski definition) is 0. The van der Waals surface area contributed by atoms with Crippen molar-refractivity contribution < 1.29 is 14.3 Å². The van der Waals surface area contributed by atoms with Crippen LogP contribution < -0.4 is 0 Å². The minimum atomic E-state index is -0.354. The molecule has 4 nitrogen and oxygen atoms in total. The predicted octanol–water partition coefficient (Wildman–Crippen LogP) is 2.83. The third-order valence-corrected chi connectivity index (χ3v) is 3.24. The maximum atomic E-state index is 12.2. The molecule has 0 radical (unpaired) electrons. The van der Waals surface area contributed by atoms with Gasteiger partial charge in [-0.3, -0.25) is 4.90 Å². The van der Waals surface area contributed by atoms with Crippen LogP contribution in [-0.2, 0) is 14.3 Å². The lowest BCUT2D eigenvalue weighted by atomic mass is 10.0. The van der Waals surface area contributed by atoms with Crippen LogP contribution in [0.5, 0.6) is 0 Å². The Morgan fingerprint density at radius 1 is 1.29 bits per heavy atom. The number of likely N-dealkylation sites (N-methyl/N-ethyl adjacent to an activating group) is 1. The van der Waals surface area contributed by atoms with E-state index in [4.69, 9.17) is 9.47 Å². The van der Waals surface area contributed by atoms with Gasteiger partial charge in [0.15, 0.2) is 6.23 Å². The van der Waals surface area contributed by atoms with Gasteiger partial charge in [0, 0.05) is 5.56 Å². The Hall–Kier alpha value is -2.07. The zero-order chi connectivity index (χ0) is 15.4. The molecule has 0 N–H and O–H groups in total. The Morgan fingerprint density at radius 3 is 2.52 bits per heavy atom. The summed E-state index contributed by atoms with van der Waals surface area (Å²) < 4.78 is 11.2. The molecule has 1 atom stereocenters. The van der Waals surface area contributed by atoms with Gasteiger partial charge >= 0.3 is 5.97 Å². The van der Waals surface area contributed by atoms with Crippen molar-refractivity contribution in [2.45, 2.75) is 20.1 Å². The lowest BCUT2D eigenvalue weighted by Crippen LogP contribution is -2.34. The topological polar surface area (TPSA) is 38.8 Å². The van der Waals surface area contributed by atoms with Crippen LogP contribution in [-0.4, -0.2) is 37.8 Å². The van der Waals surface area contributed by atoms with Crippen LogP contribution in [0, 0.1) is 0 Å². The van der Waals surface area contributed by atoms with Gasteiger partial charge in [-0.15, -0.1) is 0 Å². The molecule has 1 aromatic carbocycles. The van der Waals surface area contributed by atoms with Crippen molar-refractivity contribution in [2.24, 2.45) is 0 Å². The van der Waals surface area contributed by atoms with Crippen LogP contribution >= 0.6 is 0 Å². The summed E-state index contributed by atoms with van der Waals surface area (Å²) in [6.45, 7) is 4.09. The molecule has 1 aliphatic heterocycles. The molecule has 4 heteroatoms. The summed E-state index contributed by atoms with van der Waals surface area (Å²) in [6.07, 6.45) is 1.67. The van der Waals surface area contributed by atoms with E-state index in [1.54, 1.807) is 6.92 Å². The monoisotopic (exact) mass is 287 g/mol. The molecule has 112 valence electrons. The van der Waals surface area contributed by atoms with Gasteiger partial charge in [0.05, 0.1) is 6.61 Å². The number of esters is 1. The van der Waals surface area contributed by atoms with E-state index < -0.39 is 0 Å². The second-order valence-corrected chi connectivity index (χ2v) is 5.15. The molecule has 0 spiro atoms. The molecule has 1 aromatic rings. The Labute approximate surface area is 125 Å². The van der Waals surface area contributed by atoms with Crippen LogP contribution in [0.1, 0.15) is 19.4 Å². The average Bonchev–Trinajstić information content (AvgIpc) is 2.47. The first-order valence-electron chi connectivity index (χ1n) is 7.02. The number of carbonyl (C=O) groups is 1. The number of benzene rings is 1. The van der Waals surface area contributed by atoms with E-state index in [0.717, 1.165) is 11.1 Å². The molecule has 0 amide bonds. The smallest absolute Gasteiger partial charge is 0.341 e. The molecule has 21 heavy (non-hydrogen) atoms. The van der Waals surface area contributed by atoms with E-state index in [9.17, 15) is 4.79 Å². The summed E-state index contributed by atoms with van der Waals surface area (Å²) in [4.78, 5) is 14.2. The minimum absolute atomic E-state index is 0.182. The van der Waals surface area contributed by atoms with Gasteiger partial charge in [0.1, 0.15) is 11.3 Å². The summed E-state index contributed by atoms with van der Waals surface area (Å²) >= 11 is 0. The lowest BCUT2D eigenvalue weighted by Gasteiger charge is -2.31. The summed E-state index contributed by atoms with van der Waals surface area (Å²) in [5.74, 6) is 0.214. The summed E-state index contributed by atoms with van der Waals surface area (Å²) in [5.41, 5.74) is 2.32. The molecule has 1 heterocycles. The quantitative estimate of drug-likeness (QED) is 0.798. The van der Waals surface area contributed by atoms with Crippen LogP contribution in [0.3, 0.4) is 0 Å². The Morgan fingerprint density at radius 2 is 1.95 bits per heavy atom. The van der Waals surface area contributed by atoms with E-state index in [0.29, 0.717) is 17.9 Å². The van der Waals surface area contributed by atoms with Gasteiger partial charge in [-0.05, 0) is 39.6 Å². The SMILES string of the molecule is CCOC(=O)C1=C(c2ccccc2)OC(N(C)C)C(C)=C1. The second-order valence-electron chi connectivity index (χ2n) is 5.15. The van der Waals surface area contributed by atoms with Crippen molar-refractivity contribution >= 4 is 11.7 Å². The molecular weight excluding hydrogens is 266 g/mol. The number of rotatable bonds is 4. The van der Waals surface area contributed by atoms with Gasteiger partial charge in [-0.25, -0.2) is 4.79 Å². The van der Waals surface area contributed by atoms with Crippen molar-refractivity contribution in [3.05, 3.63) is 53.1 Å². The summed E-state index contributed by atoms with van der Waals surface area (Å²) in [5, 5.41) is 0. The third kappa shape index (κ3) is 3.34. The number of ether oxygens (including phenoxy) is 2. The van der Waals surface area contributed by atoms with E-state index in [-0.39, 0.29) is 12.2 Å². The Kier molecular flexibility index (Phi) is 4.81. The van der Waals surface area contributed by atoms with Crippen molar-refractivity contribution in [3.8, 4) is 0 Å². The van der Waals surface area contributed by atoms with E-state index in [2.05, 4.69) is 0 Å². The van der Waals surface area contributed by atoms with Crippen LogP contribution in [0.2, 0.25) is 0 Å². The fourth-order valence-corrected chi connectivity index (χ4v) is 2.32. The lowest BCUT2D eigenvalue weighted by molar-refractivity contribution is -0.138. The predicted molar refractivity (Wildman–Crippen MR) is 82.3 cm³/mol. The molecule has 0 bridgehead atoms. The highest BCUT2D eigenvalue weighted by molar-refractivity contribution is 5.99. The number of carbonyl (C=O) groups excluding carboxylic acids is 1. The van der Waals surface area contributed by atoms with E-state index in [1.807, 2.05) is 62.3 Å². The highest BCUT2D eigenvalue weighted by atomic mass is 16.5. The van der Waals surface area contributed by atoms with Gasteiger partial charge in [-0.1, -0.05) is 30.3 Å². The Balaban J connectivity index is 2.49. The zero-order valence-corrected chi connectivity index (χ0v) is 12.9. The molecule has 0 saturated heterocycles. The van der Waals surface area contributed by atoms with Gasteiger partial charge in [0.25, 0.3) is 0 Å². The van der Waals surface area contributed by atoms with Crippen LogP contribution in [0.25, 0.3) is 5.76 Å². The molecule has 1 unspecified atom stereocenters. The van der Waals surface area contributed by atoms with Crippen molar-refractivity contribution in [2.75, 3.05) is 20.7 Å². The van der Waals surface area contributed by atoms with Crippen LogP contribution in [0.15, 0.2) is 47.6 Å². The molecule has 1 aliphatic rings. The van der Waals surface area contributed by atoms with Crippen molar-refractivity contribution in [3.63, 3.8) is 0 Å². The Bertz CT molecular complexity index is 573.